The molecule has 0 amide bonds. The molecule has 0 radical (unpaired) electrons. The van der Waals surface area contributed by atoms with Gasteiger partial charge in [-0.3, -0.25) is 14.6 Å². The molecule has 3 saturated heterocycles. The normalized spacial score (nSPS) is 43.1. The van der Waals surface area contributed by atoms with Crippen molar-refractivity contribution in [1.29, 1.82) is 0 Å². The van der Waals surface area contributed by atoms with Crippen molar-refractivity contribution in [3.05, 3.63) is 23.8 Å². The minimum atomic E-state index is -0.367. The Morgan fingerprint density at radius 2 is 1.79 bits per heavy atom. The fourth-order valence-electron chi connectivity index (χ4n) is 7.97. The number of ether oxygens (including phenoxy) is 4. The average Bonchev–Trinajstić information content (AvgIpc) is 3.19. The first kappa shape index (κ1) is 21.5. The van der Waals surface area contributed by atoms with E-state index in [2.05, 4.69) is 35.8 Å². The zero-order valence-electron chi connectivity index (χ0n) is 20.3. The highest BCUT2D eigenvalue weighted by atomic mass is 16.7. The number of nitrogens with zero attached hydrogens (tertiary/aromatic N) is 2. The largest absolute Gasteiger partial charge is 0.455 e. The van der Waals surface area contributed by atoms with Crippen LogP contribution in [0.5, 0.6) is 11.5 Å². The molecule has 7 atom stereocenters. The molecule has 34 heavy (non-hydrogen) atoms. The Morgan fingerprint density at radius 3 is 2.65 bits per heavy atom. The molecule has 7 rings (SSSR count). The highest BCUT2D eigenvalue weighted by molar-refractivity contribution is 5.77. The number of benzene rings is 1. The molecule has 1 aromatic rings. The molecule has 6 aliphatic rings. The quantitative estimate of drug-likeness (QED) is 0.497. The number of esters is 1. The van der Waals surface area contributed by atoms with E-state index >= 15 is 0 Å². The van der Waals surface area contributed by atoms with E-state index in [1.165, 1.54) is 12.0 Å². The first-order valence-corrected chi connectivity index (χ1v) is 13.2. The summed E-state index contributed by atoms with van der Waals surface area (Å²) in [5.41, 5.74) is 0.820. The predicted octanol–water partition coefficient (Wildman–Crippen LogP) is 3.06. The number of fused-ring (bicyclic) bond motifs is 2. The maximum Gasteiger partial charge on any atom is 0.311 e. The number of carbonyl (C=O) groups is 1. The zero-order chi connectivity index (χ0) is 23.1. The summed E-state index contributed by atoms with van der Waals surface area (Å²) in [5.74, 6) is 3.08. The van der Waals surface area contributed by atoms with Crippen molar-refractivity contribution in [3.8, 4) is 11.5 Å². The molecule has 1 spiro atoms. The number of hydrogen-bond donors (Lipinski definition) is 0. The van der Waals surface area contributed by atoms with Gasteiger partial charge in [0, 0.05) is 51.1 Å². The van der Waals surface area contributed by atoms with E-state index in [4.69, 9.17) is 18.9 Å². The molecule has 7 heteroatoms. The molecular weight excluding hydrogens is 432 g/mol. The van der Waals surface area contributed by atoms with Crippen molar-refractivity contribution in [3.63, 3.8) is 0 Å². The van der Waals surface area contributed by atoms with Crippen LogP contribution in [-0.2, 0) is 20.8 Å². The van der Waals surface area contributed by atoms with Crippen molar-refractivity contribution < 1.29 is 23.7 Å². The fraction of sp³-hybridized carbons (Fsp3) is 0.741. The van der Waals surface area contributed by atoms with Gasteiger partial charge in [0.25, 0.3) is 0 Å². The lowest BCUT2D eigenvalue weighted by molar-refractivity contribution is -0.168. The Bertz CT molecular complexity index is 993. The second-order valence-electron chi connectivity index (χ2n) is 11.8. The summed E-state index contributed by atoms with van der Waals surface area (Å²) in [7, 11) is 0. The lowest BCUT2D eigenvalue weighted by Gasteiger charge is -2.50. The summed E-state index contributed by atoms with van der Waals surface area (Å²) in [5, 5.41) is 0. The van der Waals surface area contributed by atoms with Crippen LogP contribution in [0.25, 0.3) is 0 Å². The number of piperazine rings is 1. The summed E-state index contributed by atoms with van der Waals surface area (Å²) in [6.07, 6.45) is 4.64. The van der Waals surface area contributed by atoms with Crippen LogP contribution in [0.2, 0.25) is 0 Å². The highest BCUT2D eigenvalue weighted by Gasteiger charge is 2.77. The molecule has 7 unspecified atom stereocenters. The Labute approximate surface area is 201 Å². The molecule has 2 saturated carbocycles. The van der Waals surface area contributed by atoms with Crippen molar-refractivity contribution in [2.45, 2.75) is 63.4 Å². The second kappa shape index (κ2) is 7.58. The molecule has 4 heterocycles. The Hall–Kier alpha value is -1.83. The molecular formula is C27H36N2O5. The first-order chi connectivity index (χ1) is 16.5. The Kier molecular flexibility index (Phi) is 4.78. The molecule has 7 nitrogen and oxygen atoms in total. The number of rotatable bonds is 4. The highest BCUT2D eigenvalue weighted by Crippen LogP contribution is 2.66. The van der Waals surface area contributed by atoms with Gasteiger partial charge in [-0.25, -0.2) is 0 Å². The van der Waals surface area contributed by atoms with Gasteiger partial charge in [0.05, 0.1) is 11.5 Å². The Balaban J connectivity index is 1.01. The standard InChI is InChI=1S/C27H36N2O5/c1-17-3-5-21-19(24(30)33-27(21)20(17)7-8-26(2)25(27)34-26)15-29-11-9-28(10-12-29)14-18-4-6-22-23(13-18)32-16-31-22/h4,6,13,17,19-21,25H,3,5,7-12,14-16H2,1-2H3. The zero-order valence-corrected chi connectivity index (χ0v) is 20.3. The van der Waals surface area contributed by atoms with Crippen LogP contribution in [-0.4, -0.2) is 72.6 Å². The summed E-state index contributed by atoms with van der Waals surface area (Å²) >= 11 is 0. The van der Waals surface area contributed by atoms with Crippen molar-refractivity contribution in [2.24, 2.45) is 23.7 Å². The van der Waals surface area contributed by atoms with E-state index in [1.807, 2.05) is 6.07 Å². The van der Waals surface area contributed by atoms with Crippen LogP contribution in [0.4, 0.5) is 0 Å². The predicted molar refractivity (Wildman–Crippen MR) is 124 cm³/mol. The van der Waals surface area contributed by atoms with Crippen LogP contribution in [0.1, 0.15) is 45.1 Å². The molecule has 1 aromatic carbocycles. The molecule has 5 fully saturated rings. The monoisotopic (exact) mass is 468 g/mol. The van der Waals surface area contributed by atoms with Gasteiger partial charge in [-0.15, -0.1) is 0 Å². The summed E-state index contributed by atoms with van der Waals surface area (Å²) in [6, 6.07) is 6.24. The minimum Gasteiger partial charge on any atom is -0.455 e. The molecule has 4 aliphatic heterocycles. The van der Waals surface area contributed by atoms with Crippen molar-refractivity contribution in [2.75, 3.05) is 39.5 Å². The van der Waals surface area contributed by atoms with E-state index in [9.17, 15) is 4.79 Å². The van der Waals surface area contributed by atoms with Crippen LogP contribution in [0.3, 0.4) is 0 Å². The van der Waals surface area contributed by atoms with E-state index in [0.717, 1.165) is 70.0 Å². The smallest absolute Gasteiger partial charge is 0.311 e. The van der Waals surface area contributed by atoms with Gasteiger partial charge in [-0.2, -0.15) is 0 Å². The van der Waals surface area contributed by atoms with Gasteiger partial charge in [0.1, 0.15) is 11.7 Å². The van der Waals surface area contributed by atoms with Crippen molar-refractivity contribution >= 4 is 5.97 Å². The van der Waals surface area contributed by atoms with Gasteiger partial charge in [-0.05, 0) is 56.2 Å². The lowest BCUT2D eigenvalue weighted by atomic mass is 9.55. The minimum absolute atomic E-state index is 0.0121. The van der Waals surface area contributed by atoms with E-state index in [1.54, 1.807) is 0 Å². The van der Waals surface area contributed by atoms with Crippen LogP contribution in [0, 0.1) is 23.7 Å². The number of hydrogen-bond acceptors (Lipinski definition) is 7. The van der Waals surface area contributed by atoms with Gasteiger partial charge < -0.3 is 18.9 Å². The van der Waals surface area contributed by atoms with Crippen molar-refractivity contribution in [1.82, 2.24) is 9.80 Å². The summed E-state index contributed by atoms with van der Waals surface area (Å²) in [4.78, 5) is 18.3. The van der Waals surface area contributed by atoms with Crippen LogP contribution in [0.15, 0.2) is 18.2 Å². The van der Waals surface area contributed by atoms with Gasteiger partial charge in [0.15, 0.2) is 11.5 Å². The molecule has 0 bridgehead atoms. The topological polar surface area (TPSA) is 63.8 Å². The number of carbonyl (C=O) groups excluding carboxylic acids is 1. The Morgan fingerprint density at radius 1 is 1.00 bits per heavy atom. The molecule has 184 valence electrons. The van der Waals surface area contributed by atoms with E-state index < -0.39 is 0 Å². The van der Waals surface area contributed by atoms with Gasteiger partial charge >= 0.3 is 5.97 Å². The van der Waals surface area contributed by atoms with Gasteiger partial charge in [-0.1, -0.05) is 13.0 Å². The first-order valence-electron chi connectivity index (χ1n) is 13.2. The van der Waals surface area contributed by atoms with Gasteiger partial charge in [0.2, 0.25) is 6.79 Å². The van der Waals surface area contributed by atoms with Crippen LogP contribution >= 0.6 is 0 Å². The SMILES string of the molecule is CC1CCC2C(CN3CCN(Cc4ccc5c(c4)OCO5)CC3)C(=O)OC23C1CCC1(C)OC13. The molecule has 0 N–H and O–H groups in total. The number of epoxide rings is 1. The third-order valence-electron chi connectivity index (χ3n) is 9.85. The van der Waals surface area contributed by atoms with E-state index in [0.29, 0.717) is 24.5 Å². The molecule has 2 aliphatic carbocycles. The van der Waals surface area contributed by atoms with E-state index in [-0.39, 0.29) is 29.2 Å². The fourth-order valence-corrected chi connectivity index (χ4v) is 7.97. The maximum absolute atomic E-state index is 13.3. The van der Waals surface area contributed by atoms with Crippen LogP contribution < -0.4 is 9.47 Å². The maximum atomic E-state index is 13.3. The third-order valence-corrected chi connectivity index (χ3v) is 9.85. The molecule has 0 aromatic heterocycles. The second-order valence-corrected chi connectivity index (χ2v) is 11.8. The lowest BCUT2D eigenvalue weighted by Crippen LogP contribution is -2.58. The third kappa shape index (κ3) is 3.16. The average molecular weight is 469 g/mol. The summed E-state index contributed by atoms with van der Waals surface area (Å²) in [6.45, 7) is 10.6. The summed E-state index contributed by atoms with van der Waals surface area (Å²) < 4.78 is 23.6.